The number of nitrogens with zero attached hydrogens (tertiary/aromatic N) is 1. The van der Waals surface area contributed by atoms with Gasteiger partial charge < -0.3 is 41.7 Å². The van der Waals surface area contributed by atoms with Crippen LogP contribution in [0.2, 0.25) is 0 Å². The summed E-state index contributed by atoms with van der Waals surface area (Å²) in [6.45, 7) is 10.6. The molecule has 1 aliphatic heterocycles. The van der Waals surface area contributed by atoms with E-state index >= 15 is 0 Å². The van der Waals surface area contributed by atoms with Crippen LogP contribution in [0.1, 0.15) is 0 Å². The van der Waals surface area contributed by atoms with Gasteiger partial charge >= 0.3 is 7.75 Å². The smallest absolute Gasteiger partial charge is 0.314 e. The van der Waals surface area contributed by atoms with Crippen LogP contribution >= 0.6 is 7.75 Å². The Bertz CT molecular complexity index is 337. The van der Waals surface area contributed by atoms with Gasteiger partial charge in [0.1, 0.15) is 0 Å². The van der Waals surface area contributed by atoms with Gasteiger partial charge in [0.15, 0.2) is 0 Å². The van der Waals surface area contributed by atoms with E-state index in [0.29, 0.717) is 26.2 Å². The van der Waals surface area contributed by atoms with Gasteiger partial charge in [0.25, 0.3) is 0 Å². The molecule has 0 saturated carbocycles. The molecule has 1 fully saturated rings. The Morgan fingerprint density at radius 2 is 0.760 bits per heavy atom. The Morgan fingerprint density at radius 3 is 1.00 bits per heavy atom. The molecule has 8 N–H and O–H groups in total. The summed E-state index contributed by atoms with van der Waals surface area (Å²) in [5.74, 6) is 0. The van der Waals surface area contributed by atoms with Crippen LogP contribution in [0.25, 0.3) is 0 Å². The maximum Gasteiger partial charge on any atom is 0.403 e. The minimum atomic E-state index is -4.20. The lowest BCUT2D eigenvalue weighted by Gasteiger charge is -2.23. The highest BCUT2D eigenvalue weighted by Crippen LogP contribution is 2.38. The Hall–Kier alpha value is -0.130. The highest BCUT2D eigenvalue weighted by atomic mass is 31.2. The molecule has 0 aromatic carbocycles. The number of rotatable bonds is 1. The number of hydrogen-bond donors (Lipinski definition) is 8. The van der Waals surface area contributed by atoms with Crippen molar-refractivity contribution in [2.45, 2.75) is 0 Å². The van der Waals surface area contributed by atoms with Crippen LogP contribution in [0.5, 0.6) is 0 Å². The normalized spacial score (nSPS) is 23.6. The van der Waals surface area contributed by atoms with Gasteiger partial charge in [-0.25, -0.2) is 9.24 Å². The van der Waals surface area contributed by atoms with E-state index in [1.54, 1.807) is 0 Å². The van der Waals surface area contributed by atoms with Crippen LogP contribution in [-0.2, 0) is 4.57 Å². The number of nitrogens with one attached hydrogen (secondary N) is 6. The third-order valence-corrected chi connectivity index (χ3v) is 4.99. The monoisotopic (exact) mass is 381 g/mol. The fourth-order valence-corrected chi connectivity index (χ4v) is 3.14. The van der Waals surface area contributed by atoms with Gasteiger partial charge in [-0.2, -0.15) is 0 Å². The SMILES string of the molecule is O=P(O)(O)N1CCNCCNCCNCCNCCNCCNCC1. The van der Waals surface area contributed by atoms with Gasteiger partial charge in [-0.1, -0.05) is 0 Å². The minimum absolute atomic E-state index is 0.331. The number of hydrogen-bond acceptors (Lipinski definition) is 7. The zero-order valence-electron chi connectivity index (χ0n) is 15.1. The molecule has 0 bridgehead atoms. The lowest BCUT2D eigenvalue weighted by molar-refractivity contribution is 0.268. The second kappa shape index (κ2) is 15.0. The van der Waals surface area contributed by atoms with Crippen LogP contribution in [-0.4, -0.2) is 106 Å². The van der Waals surface area contributed by atoms with Crippen molar-refractivity contribution in [2.24, 2.45) is 0 Å². The molecule has 0 aromatic rings. The summed E-state index contributed by atoms with van der Waals surface area (Å²) in [6.07, 6.45) is 0. The summed E-state index contributed by atoms with van der Waals surface area (Å²) in [5, 5.41) is 19.8. The van der Waals surface area contributed by atoms with Gasteiger partial charge in [-0.3, -0.25) is 0 Å². The standard InChI is InChI=1S/C14H36N7O3P/c22-25(23,24)21-13-11-19-9-7-17-5-3-15-1-2-16-4-6-18-8-10-20-12-14-21/h15-20H,1-14H2,(H2,22,23,24). The quantitative estimate of drug-likeness (QED) is 0.221. The summed E-state index contributed by atoms with van der Waals surface area (Å²) in [4.78, 5) is 18.9. The molecule has 150 valence electrons. The first-order valence-electron chi connectivity index (χ1n) is 9.16. The van der Waals surface area contributed by atoms with Gasteiger partial charge in [-0.05, 0) is 0 Å². The Labute approximate surface area is 151 Å². The minimum Gasteiger partial charge on any atom is -0.314 e. The predicted octanol–water partition coefficient (Wildman–Crippen LogP) is -3.07. The van der Waals surface area contributed by atoms with E-state index in [2.05, 4.69) is 31.9 Å². The molecule has 1 saturated heterocycles. The van der Waals surface area contributed by atoms with E-state index in [4.69, 9.17) is 0 Å². The summed E-state index contributed by atoms with van der Waals surface area (Å²) in [6, 6.07) is 0. The van der Waals surface area contributed by atoms with Crippen molar-refractivity contribution in [3.8, 4) is 0 Å². The lowest BCUT2D eigenvalue weighted by atomic mass is 10.5. The average Bonchev–Trinajstić information content (AvgIpc) is 2.56. The lowest BCUT2D eigenvalue weighted by Crippen LogP contribution is -2.38. The molecule has 25 heavy (non-hydrogen) atoms. The zero-order valence-corrected chi connectivity index (χ0v) is 16.0. The molecule has 0 aliphatic carbocycles. The molecule has 0 amide bonds. The first-order chi connectivity index (χ1) is 12.1. The molecule has 11 heteroatoms. The largest absolute Gasteiger partial charge is 0.403 e. The van der Waals surface area contributed by atoms with E-state index in [1.807, 2.05) is 0 Å². The van der Waals surface area contributed by atoms with E-state index in [1.165, 1.54) is 4.67 Å². The molecular formula is C14H36N7O3P. The summed E-state index contributed by atoms with van der Waals surface area (Å²) < 4.78 is 12.8. The van der Waals surface area contributed by atoms with Crippen molar-refractivity contribution in [3.63, 3.8) is 0 Å². The molecule has 0 radical (unpaired) electrons. The molecule has 1 rings (SSSR count). The van der Waals surface area contributed by atoms with Crippen molar-refractivity contribution < 1.29 is 14.4 Å². The van der Waals surface area contributed by atoms with Crippen molar-refractivity contribution >= 4 is 7.75 Å². The predicted molar refractivity (Wildman–Crippen MR) is 101 cm³/mol. The molecular weight excluding hydrogens is 345 g/mol. The summed E-state index contributed by atoms with van der Waals surface area (Å²) in [5.41, 5.74) is 0. The van der Waals surface area contributed by atoms with Gasteiger partial charge in [0.2, 0.25) is 0 Å². The van der Waals surface area contributed by atoms with Crippen molar-refractivity contribution in [2.75, 3.05) is 91.6 Å². The highest BCUT2D eigenvalue weighted by molar-refractivity contribution is 7.49. The first-order valence-corrected chi connectivity index (χ1v) is 10.7. The van der Waals surface area contributed by atoms with Crippen LogP contribution in [0.15, 0.2) is 0 Å². The van der Waals surface area contributed by atoms with E-state index in [-0.39, 0.29) is 0 Å². The fourth-order valence-electron chi connectivity index (χ4n) is 2.42. The van der Waals surface area contributed by atoms with Crippen LogP contribution < -0.4 is 31.9 Å². The van der Waals surface area contributed by atoms with Crippen LogP contribution in [0, 0.1) is 0 Å². The van der Waals surface area contributed by atoms with Gasteiger partial charge in [0, 0.05) is 91.6 Å². The maximum atomic E-state index is 11.5. The molecule has 0 atom stereocenters. The summed E-state index contributed by atoms with van der Waals surface area (Å²) >= 11 is 0. The van der Waals surface area contributed by atoms with Crippen molar-refractivity contribution in [1.82, 2.24) is 36.6 Å². The van der Waals surface area contributed by atoms with Crippen LogP contribution in [0.4, 0.5) is 0 Å². The highest BCUT2D eigenvalue weighted by Gasteiger charge is 2.23. The first kappa shape index (κ1) is 22.9. The van der Waals surface area contributed by atoms with E-state index < -0.39 is 7.75 Å². The van der Waals surface area contributed by atoms with E-state index in [9.17, 15) is 14.4 Å². The molecule has 0 aromatic heterocycles. The molecule has 1 aliphatic rings. The Morgan fingerprint density at radius 1 is 0.520 bits per heavy atom. The second-order valence-corrected chi connectivity index (χ2v) is 7.56. The Balaban J connectivity index is 2.29. The topological polar surface area (TPSA) is 133 Å². The molecule has 0 spiro atoms. The van der Waals surface area contributed by atoms with E-state index in [0.717, 1.165) is 65.4 Å². The third kappa shape index (κ3) is 13.7. The van der Waals surface area contributed by atoms with Gasteiger partial charge in [0.05, 0.1) is 0 Å². The van der Waals surface area contributed by atoms with Gasteiger partial charge in [-0.15, -0.1) is 0 Å². The van der Waals surface area contributed by atoms with Crippen molar-refractivity contribution in [3.05, 3.63) is 0 Å². The second-order valence-electron chi connectivity index (χ2n) is 5.97. The average molecular weight is 381 g/mol. The fraction of sp³-hybridized carbons (Fsp3) is 1.00. The molecule has 1 heterocycles. The van der Waals surface area contributed by atoms with Crippen molar-refractivity contribution in [1.29, 1.82) is 0 Å². The molecule has 0 unspecified atom stereocenters. The third-order valence-electron chi connectivity index (χ3n) is 3.85. The molecule has 10 nitrogen and oxygen atoms in total. The zero-order chi connectivity index (χ0) is 18.2. The summed E-state index contributed by atoms with van der Waals surface area (Å²) in [7, 11) is -4.20. The maximum absolute atomic E-state index is 11.5. The van der Waals surface area contributed by atoms with Crippen LogP contribution in [0.3, 0.4) is 0 Å². The Kier molecular flexibility index (Phi) is 13.7.